The normalized spacial score (nSPS) is 10.1. The molecule has 6 heteroatoms. The molecule has 0 aliphatic carbocycles. The van der Waals surface area contributed by atoms with E-state index in [0.29, 0.717) is 50.7 Å². The molecule has 6 nitrogen and oxygen atoms in total. The van der Waals surface area contributed by atoms with Crippen LogP contribution in [0, 0.1) is 0 Å². The number of benzene rings is 2. The molecule has 0 atom stereocenters. The van der Waals surface area contributed by atoms with Crippen molar-refractivity contribution in [3.05, 3.63) is 48.5 Å². The van der Waals surface area contributed by atoms with Crippen LogP contribution >= 0.6 is 0 Å². The maximum absolute atomic E-state index is 11.9. The first-order valence-electron chi connectivity index (χ1n) is 9.11. The average molecular weight is 373 g/mol. The second-order valence-corrected chi connectivity index (χ2v) is 5.71. The van der Waals surface area contributed by atoms with Gasteiger partial charge in [0.2, 0.25) is 5.91 Å². The second-order valence-electron chi connectivity index (χ2n) is 5.71. The topological polar surface area (TPSA) is 66.0 Å². The molecule has 2 aromatic rings. The Kier molecular flexibility index (Phi) is 8.83. The molecule has 0 heterocycles. The lowest BCUT2D eigenvalue weighted by Gasteiger charge is -2.11. The first kappa shape index (κ1) is 20.4. The van der Waals surface area contributed by atoms with Gasteiger partial charge in [0.05, 0.1) is 26.9 Å². The number of methoxy groups -OCH3 is 1. The van der Waals surface area contributed by atoms with Gasteiger partial charge in [-0.05, 0) is 37.6 Å². The molecule has 27 heavy (non-hydrogen) atoms. The zero-order valence-corrected chi connectivity index (χ0v) is 15.9. The third-order valence-electron chi connectivity index (χ3n) is 3.69. The minimum atomic E-state index is -0.0223. The summed E-state index contributed by atoms with van der Waals surface area (Å²) in [5, 5.41) is 2.84. The number of amides is 1. The molecule has 0 saturated heterocycles. The van der Waals surface area contributed by atoms with Crippen LogP contribution in [0.15, 0.2) is 48.5 Å². The van der Waals surface area contributed by atoms with E-state index in [-0.39, 0.29) is 5.91 Å². The lowest BCUT2D eigenvalue weighted by molar-refractivity contribution is -0.121. The number of hydrogen-bond donors (Lipinski definition) is 1. The molecule has 0 bridgehead atoms. The van der Waals surface area contributed by atoms with Gasteiger partial charge < -0.3 is 24.3 Å². The number of carbonyl (C=O) groups excluding carboxylic acids is 1. The van der Waals surface area contributed by atoms with Gasteiger partial charge in [0, 0.05) is 12.5 Å². The summed E-state index contributed by atoms with van der Waals surface area (Å²) < 4.78 is 21.9. The smallest absolute Gasteiger partial charge is 0.220 e. The molecule has 0 aliphatic rings. The van der Waals surface area contributed by atoms with Gasteiger partial charge in [-0.3, -0.25) is 4.79 Å². The van der Waals surface area contributed by atoms with Crippen molar-refractivity contribution >= 4 is 5.91 Å². The van der Waals surface area contributed by atoms with Crippen molar-refractivity contribution in [2.24, 2.45) is 0 Å². The summed E-state index contributed by atoms with van der Waals surface area (Å²) in [6.07, 6.45) is 1.03. The molecule has 0 radical (unpaired) electrons. The summed E-state index contributed by atoms with van der Waals surface area (Å²) >= 11 is 0. The molecule has 0 aliphatic heterocycles. The van der Waals surface area contributed by atoms with Gasteiger partial charge >= 0.3 is 0 Å². The maximum Gasteiger partial charge on any atom is 0.220 e. The molecular formula is C21H27NO5. The predicted molar refractivity (Wildman–Crippen MR) is 104 cm³/mol. The van der Waals surface area contributed by atoms with E-state index in [1.54, 1.807) is 13.2 Å². The van der Waals surface area contributed by atoms with Gasteiger partial charge in [0.1, 0.15) is 18.1 Å². The average Bonchev–Trinajstić information content (AvgIpc) is 2.70. The van der Waals surface area contributed by atoms with E-state index in [0.717, 1.165) is 11.5 Å². The third kappa shape index (κ3) is 7.48. The van der Waals surface area contributed by atoms with Gasteiger partial charge in [-0.15, -0.1) is 0 Å². The fraction of sp³-hybridized carbons (Fsp3) is 0.381. The first-order valence-corrected chi connectivity index (χ1v) is 9.11. The second kappa shape index (κ2) is 11.7. The van der Waals surface area contributed by atoms with Crippen molar-refractivity contribution in [3.63, 3.8) is 0 Å². The number of para-hydroxylation sites is 2. The highest BCUT2D eigenvalue weighted by Crippen LogP contribution is 2.26. The van der Waals surface area contributed by atoms with Crippen molar-refractivity contribution in [2.75, 3.05) is 33.5 Å². The van der Waals surface area contributed by atoms with Crippen molar-refractivity contribution in [2.45, 2.75) is 19.8 Å². The molecule has 1 amide bonds. The highest BCUT2D eigenvalue weighted by Gasteiger charge is 2.05. The number of ether oxygens (including phenoxy) is 4. The molecule has 0 fully saturated rings. The number of rotatable bonds is 12. The van der Waals surface area contributed by atoms with Crippen molar-refractivity contribution < 1.29 is 23.7 Å². The van der Waals surface area contributed by atoms with Crippen LogP contribution in [0.2, 0.25) is 0 Å². The van der Waals surface area contributed by atoms with E-state index >= 15 is 0 Å². The van der Waals surface area contributed by atoms with Crippen LogP contribution in [0.5, 0.6) is 23.0 Å². The predicted octanol–water partition coefficient (Wildman–Crippen LogP) is 3.45. The highest BCUT2D eigenvalue weighted by atomic mass is 16.5. The zero-order chi connectivity index (χ0) is 19.3. The Hall–Kier alpha value is -2.89. The summed E-state index contributed by atoms with van der Waals surface area (Å²) in [6.45, 7) is 3.82. The minimum Gasteiger partial charge on any atom is -0.497 e. The van der Waals surface area contributed by atoms with Gasteiger partial charge in [-0.2, -0.15) is 0 Å². The maximum atomic E-state index is 11.9. The van der Waals surface area contributed by atoms with Crippen molar-refractivity contribution in [1.29, 1.82) is 0 Å². The number of nitrogens with one attached hydrogen (secondary N) is 1. The van der Waals surface area contributed by atoms with Crippen LogP contribution in [0.25, 0.3) is 0 Å². The quantitative estimate of drug-likeness (QED) is 0.577. The Morgan fingerprint density at radius 2 is 1.67 bits per heavy atom. The molecular weight excluding hydrogens is 346 g/mol. The number of hydrogen-bond acceptors (Lipinski definition) is 5. The Morgan fingerprint density at radius 3 is 2.41 bits per heavy atom. The summed E-state index contributed by atoms with van der Waals surface area (Å²) in [5.41, 5.74) is 0. The van der Waals surface area contributed by atoms with E-state index in [9.17, 15) is 4.79 Å². The van der Waals surface area contributed by atoms with E-state index in [2.05, 4.69) is 5.32 Å². The minimum absolute atomic E-state index is 0.0223. The van der Waals surface area contributed by atoms with E-state index in [4.69, 9.17) is 18.9 Å². The Balaban J connectivity index is 1.58. The molecule has 146 valence electrons. The van der Waals surface area contributed by atoms with Crippen LogP contribution in [0.4, 0.5) is 0 Å². The lowest BCUT2D eigenvalue weighted by atomic mass is 10.3. The van der Waals surface area contributed by atoms with Gasteiger partial charge in [-0.25, -0.2) is 0 Å². The Bertz CT molecular complexity index is 704. The Morgan fingerprint density at radius 1 is 0.926 bits per heavy atom. The lowest BCUT2D eigenvalue weighted by Crippen LogP contribution is -2.28. The first-order chi connectivity index (χ1) is 13.2. The largest absolute Gasteiger partial charge is 0.497 e. The zero-order valence-electron chi connectivity index (χ0n) is 15.9. The monoisotopic (exact) mass is 373 g/mol. The molecule has 0 unspecified atom stereocenters. The van der Waals surface area contributed by atoms with Crippen LogP contribution in [0.3, 0.4) is 0 Å². The fourth-order valence-corrected chi connectivity index (χ4v) is 2.40. The van der Waals surface area contributed by atoms with Gasteiger partial charge in [0.25, 0.3) is 0 Å². The third-order valence-corrected chi connectivity index (χ3v) is 3.69. The molecule has 0 saturated carbocycles. The molecule has 2 rings (SSSR count). The standard InChI is InChI=1S/C21H27NO5/c1-3-25-19-10-4-5-11-20(19)27-14-7-12-21(23)22-13-15-26-18-9-6-8-17(16-18)24-2/h4-6,8-11,16H,3,7,12-15H2,1-2H3,(H,22,23). The SMILES string of the molecule is CCOc1ccccc1OCCCC(=O)NCCOc1cccc(OC)c1. The van der Waals surface area contributed by atoms with Crippen LogP contribution in [0.1, 0.15) is 19.8 Å². The van der Waals surface area contributed by atoms with E-state index in [1.807, 2.05) is 49.4 Å². The van der Waals surface area contributed by atoms with Crippen LogP contribution in [-0.4, -0.2) is 39.4 Å². The molecule has 1 N–H and O–H groups in total. The number of carbonyl (C=O) groups is 1. The van der Waals surface area contributed by atoms with Crippen LogP contribution < -0.4 is 24.3 Å². The molecule has 0 aromatic heterocycles. The fourth-order valence-electron chi connectivity index (χ4n) is 2.40. The van der Waals surface area contributed by atoms with Gasteiger partial charge in [0.15, 0.2) is 11.5 Å². The van der Waals surface area contributed by atoms with E-state index in [1.165, 1.54) is 0 Å². The molecule has 0 spiro atoms. The van der Waals surface area contributed by atoms with Crippen molar-refractivity contribution in [1.82, 2.24) is 5.32 Å². The van der Waals surface area contributed by atoms with Crippen molar-refractivity contribution in [3.8, 4) is 23.0 Å². The Labute approximate surface area is 160 Å². The molecule has 2 aromatic carbocycles. The summed E-state index contributed by atoms with van der Waals surface area (Å²) in [4.78, 5) is 11.9. The summed E-state index contributed by atoms with van der Waals surface area (Å²) in [7, 11) is 1.61. The van der Waals surface area contributed by atoms with E-state index < -0.39 is 0 Å². The highest BCUT2D eigenvalue weighted by molar-refractivity contribution is 5.75. The summed E-state index contributed by atoms with van der Waals surface area (Å²) in [5.74, 6) is 2.85. The summed E-state index contributed by atoms with van der Waals surface area (Å²) in [6, 6.07) is 14.9. The van der Waals surface area contributed by atoms with Gasteiger partial charge in [-0.1, -0.05) is 18.2 Å². The van der Waals surface area contributed by atoms with Crippen LogP contribution in [-0.2, 0) is 4.79 Å².